The lowest BCUT2D eigenvalue weighted by Gasteiger charge is -2.22. The van der Waals surface area contributed by atoms with Crippen molar-refractivity contribution in [1.29, 1.82) is 0 Å². The molecule has 0 saturated carbocycles. The van der Waals surface area contributed by atoms with Crippen LogP contribution in [-0.4, -0.2) is 33.0 Å². The third-order valence-corrected chi connectivity index (χ3v) is 6.62. The molecule has 4 rings (SSSR count). The Morgan fingerprint density at radius 2 is 2.00 bits per heavy atom. The first-order valence-electron chi connectivity index (χ1n) is 9.13. The van der Waals surface area contributed by atoms with E-state index in [-0.39, 0.29) is 33.4 Å². The number of ether oxygens (including phenoxy) is 1. The molecule has 2 heterocycles. The van der Waals surface area contributed by atoms with Gasteiger partial charge in [0.1, 0.15) is 0 Å². The van der Waals surface area contributed by atoms with Crippen molar-refractivity contribution in [3.05, 3.63) is 70.0 Å². The third-order valence-electron chi connectivity index (χ3n) is 4.90. The van der Waals surface area contributed by atoms with Gasteiger partial charge in [-0.15, -0.1) is 22.0 Å². The number of carboxylic acid groups (broad SMARTS) is 1. The van der Waals surface area contributed by atoms with E-state index in [1.54, 1.807) is 6.07 Å². The number of nitrogens with zero attached hydrogens (tertiary/aromatic N) is 3. The summed E-state index contributed by atoms with van der Waals surface area (Å²) in [4.78, 5) is 11.5. The van der Waals surface area contributed by atoms with Crippen LogP contribution in [0.25, 0.3) is 5.69 Å². The van der Waals surface area contributed by atoms with Gasteiger partial charge in [0.2, 0.25) is 5.82 Å². The summed E-state index contributed by atoms with van der Waals surface area (Å²) in [5, 5.41) is 14.6. The summed E-state index contributed by atoms with van der Waals surface area (Å²) in [6, 6.07) is 8.60. The molecule has 2 aromatic carbocycles. The van der Waals surface area contributed by atoms with Crippen molar-refractivity contribution in [2.45, 2.75) is 23.1 Å². The predicted molar refractivity (Wildman–Crippen MR) is 109 cm³/mol. The molecule has 3 aromatic rings. The Balaban J connectivity index is 2.03. The fourth-order valence-corrected chi connectivity index (χ4v) is 5.28. The molecule has 1 aliphatic rings. The standard InChI is InChI=1S/C20H14ClF4N3O3S/c1-31-13-4-2-3-10(16(13)22)17-11-7-9(21)5-6-12(11)28-18(14(32-17)8-15(29)30)26-27-19(28)20(23,24)25/h2-7,14,17H,8H2,1H3,(H,29,30)/t14-,17-/m1/s1. The quantitative estimate of drug-likeness (QED) is 0.494. The maximum absolute atomic E-state index is 15.2. The van der Waals surface area contributed by atoms with Crippen LogP contribution in [0.3, 0.4) is 0 Å². The van der Waals surface area contributed by atoms with Gasteiger partial charge in [0.15, 0.2) is 17.4 Å². The van der Waals surface area contributed by atoms with Crippen LogP contribution in [-0.2, 0) is 11.0 Å². The summed E-state index contributed by atoms with van der Waals surface area (Å²) in [7, 11) is 1.29. The number of hydrogen-bond acceptors (Lipinski definition) is 5. The van der Waals surface area contributed by atoms with Gasteiger partial charge in [-0.3, -0.25) is 9.36 Å². The lowest BCUT2D eigenvalue weighted by molar-refractivity contribution is -0.146. The molecule has 1 N–H and O–H groups in total. The number of rotatable bonds is 4. The van der Waals surface area contributed by atoms with E-state index in [9.17, 15) is 23.1 Å². The van der Waals surface area contributed by atoms with Crippen LogP contribution >= 0.6 is 23.4 Å². The average molecular weight is 488 g/mol. The Kier molecular flexibility index (Phi) is 5.80. The Labute approximate surface area is 188 Å². The normalized spacial score (nSPS) is 17.9. The van der Waals surface area contributed by atoms with Crippen LogP contribution in [0, 0.1) is 5.82 Å². The van der Waals surface area contributed by atoms with E-state index in [0.29, 0.717) is 0 Å². The van der Waals surface area contributed by atoms with Gasteiger partial charge in [-0.05, 0) is 29.8 Å². The number of carboxylic acids is 1. The largest absolute Gasteiger partial charge is 0.494 e. The van der Waals surface area contributed by atoms with Crippen molar-refractivity contribution in [2.75, 3.05) is 7.11 Å². The number of hydrogen-bond donors (Lipinski definition) is 1. The van der Waals surface area contributed by atoms with Gasteiger partial charge < -0.3 is 9.84 Å². The molecule has 0 amide bonds. The molecule has 0 spiro atoms. The fourth-order valence-electron chi connectivity index (χ4n) is 3.59. The number of alkyl halides is 3. The Morgan fingerprint density at radius 3 is 2.66 bits per heavy atom. The monoisotopic (exact) mass is 487 g/mol. The molecule has 1 aliphatic heterocycles. The van der Waals surface area contributed by atoms with E-state index in [1.165, 1.54) is 37.4 Å². The number of benzene rings is 2. The van der Waals surface area contributed by atoms with Crippen molar-refractivity contribution in [2.24, 2.45) is 0 Å². The van der Waals surface area contributed by atoms with Crippen LogP contribution < -0.4 is 4.74 Å². The van der Waals surface area contributed by atoms with E-state index in [2.05, 4.69) is 10.2 Å². The molecule has 2 atom stereocenters. The van der Waals surface area contributed by atoms with Gasteiger partial charge in [0, 0.05) is 10.6 Å². The van der Waals surface area contributed by atoms with Crippen LogP contribution in [0.5, 0.6) is 5.75 Å². The molecule has 0 aliphatic carbocycles. The first-order valence-corrected chi connectivity index (χ1v) is 10.5. The number of thioether (sulfide) groups is 1. The number of aliphatic carboxylic acids is 1. The van der Waals surface area contributed by atoms with Gasteiger partial charge in [-0.2, -0.15) is 13.2 Å². The molecule has 1 aromatic heterocycles. The molecule has 0 saturated heterocycles. The van der Waals surface area contributed by atoms with Gasteiger partial charge in [-0.25, -0.2) is 4.39 Å². The summed E-state index contributed by atoms with van der Waals surface area (Å²) >= 11 is 7.11. The lowest BCUT2D eigenvalue weighted by atomic mass is 10.0. The highest BCUT2D eigenvalue weighted by molar-refractivity contribution is 8.00. The Morgan fingerprint density at radius 1 is 1.25 bits per heavy atom. The minimum absolute atomic E-state index is 0.0364. The van der Waals surface area contributed by atoms with Gasteiger partial charge >= 0.3 is 12.1 Å². The topological polar surface area (TPSA) is 77.2 Å². The SMILES string of the molecule is COc1cccc([C@H]2S[C@H](CC(=O)O)c3nnc(C(F)(F)F)n3-c3ccc(Cl)cc32)c1F. The van der Waals surface area contributed by atoms with Crippen LogP contribution in [0.4, 0.5) is 17.6 Å². The molecule has 32 heavy (non-hydrogen) atoms. The number of methoxy groups -OCH3 is 1. The Bertz CT molecular complexity index is 1200. The van der Waals surface area contributed by atoms with Gasteiger partial charge in [0.25, 0.3) is 0 Å². The highest BCUT2D eigenvalue weighted by Crippen LogP contribution is 2.52. The van der Waals surface area contributed by atoms with E-state index in [4.69, 9.17) is 16.3 Å². The minimum Gasteiger partial charge on any atom is -0.494 e. The highest BCUT2D eigenvalue weighted by Gasteiger charge is 2.43. The van der Waals surface area contributed by atoms with E-state index >= 15 is 4.39 Å². The molecule has 0 unspecified atom stereocenters. The van der Waals surface area contributed by atoms with Crippen molar-refractivity contribution in [3.63, 3.8) is 0 Å². The second kappa shape index (κ2) is 8.28. The van der Waals surface area contributed by atoms with Gasteiger partial charge in [-0.1, -0.05) is 23.7 Å². The van der Waals surface area contributed by atoms with E-state index in [1.807, 2.05) is 0 Å². The third kappa shape index (κ3) is 3.90. The second-order valence-electron chi connectivity index (χ2n) is 6.88. The number of halogens is 5. The number of aromatic nitrogens is 3. The second-order valence-corrected chi connectivity index (χ2v) is 8.63. The Hall–Kier alpha value is -2.79. The molecule has 6 nitrogen and oxygen atoms in total. The van der Waals surface area contributed by atoms with Crippen LogP contribution in [0.1, 0.15) is 39.7 Å². The molecule has 0 bridgehead atoms. The zero-order valence-electron chi connectivity index (χ0n) is 16.2. The van der Waals surface area contributed by atoms with Crippen LogP contribution in [0.15, 0.2) is 36.4 Å². The lowest BCUT2D eigenvalue weighted by Crippen LogP contribution is -2.16. The maximum atomic E-state index is 15.2. The highest BCUT2D eigenvalue weighted by atomic mass is 35.5. The molecule has 168 valence electrons. The minimum atomic E-state index is -4.86. The molecule has 0 radical (unpaired) electrons. The summed E-state index contributed by atoms with van der Waals surface area (Å²) in [5.41, 5.74) is 0.406. The number of fused-ring (bicyclic) bond motifs is 3. The molecular formula is C20H14ClF4N3O3S. The molecule has 0 fully saturated rings. The van der Waals surface area contributed by atoms with Crippen molar-refractivity contribution in [1.82, 2.24) is 14.8 Å². The predicted octanol–water partition coefficient (Wildman–Crippen LogP) is 5.44. The smallest absolute Gasteiger partial charge is 0.452 e. The van der Waals surface area contributed by atoms with E-state index in [0.717, 1.165) is 16.3 Å². The molecule has 12 heteroatoms. The van der Waals surface area contributed by atoms with Crippen molar-refractivity contribution in [3.8, 4) is 11.4 Å². The van der Waals surface area contributed by atoms with E-state index < -0.39 is 40.7 Å². The fraction of sp³-hybridized carbons (Fsp3) is 0.250. The average Bonchev–Trinajstić information content (AvgIpc) is 3.12. The molecular weight excluding hydrogens is 474 g/mol. The summed E-state index contributed by atoms with van der Waals surface area (Å²) in [6.45, 7) is 0. The summed E-state index contributed by atoms with van der Waals surface area (Å²) in [6.07, 6.45) is -5.41. The number of carbonyl (C=O) groups is 1. The van der Waals surface area contributed by atoms with Crippen LogP contribution in [0.2, 0.25) is 5.02 Å². The first-order chi connectivity index (χ1) is 15.1. The summed E-state index contributed by atoms with van der Waals surface area (Å²) < 4.78 is 62.2. The van der Waals surface area contributed by atoms with Crippen molar-refractivity contribution < 1.29 is 32.2 Å². The maximum Gasteiger partial charge on any atom is 0.452 e. The zero-order valence-corrected chi connectivity index (χ0v) is 17.8. The zero-order chi connectivity index (χ0) is 23.2. The first kappa shape index (κ1) is 22.4. The van der Waals surface area contributed by atoms with Gasteiger partial charge in [0.05, 0.1) is 29.7 Å². The van der Waals surface area contributed by atoms with Crippen molar-refractivity contribution >= 4 is 29.3 Å². The summed E-state index contributed by atoms with van der Waals surface area (Å²) in [5.74, 6) is -3.51.